The first-order chi connectivity index (χ1) is 10.0. The van der Waals surface area contributed by atoms with Crippen LogP contribution in [0.25, 0.3) is 0 Å². The van der Waals surface area contributed by atoms with Gasteiger partial charge in [-0.1, -0.05) is 0 Å². The molecule has 2 heterocycles. The van der Waals surface area contributed by atoms with Crippen molar-refractivity contribution in [1.29, 1.82) is 10.5 Å². The van der Waals surface area contributed by atoms with Crippen LogP contribution in [0.3, 0.4) is 0 Å². The van der Waals surface area contributed by atoms with Gasteiger partial charge in [0.2, 0.25) is 5.54 Å². The number of allylic oxidation sites excluding steroid dienone is 2. The molecule has 0 aromatic rings. The largest absolute Gasteiger partial charge is 0.466 e. The number of esters is 2. The highest BCUT2D eigenvalue weighted by Crippen LogP contribution is 2.38. The third-order valence-corrected chi connectivity index (χ3v) is 3.34. The van der Waals surface area contributed by atoms with Crippen molar-refractivity contribution in [3.63, 3.8) is 0 Å². The van der Waals surface area contributed by atoms with Crippen molar-refractivity contribution in [2.24, 2.45) is 0 Å². The molecule has 0 N–H and O–H groups in total. The van der Waals surface area contributed by atoms with Crippen LogP contribution < -0.4 is 0 Å². The van der Waals surface area contributed by atoms with E-state index in [0.717, 1.165) is 0 Å². The number of carbonyl (C=O) groups excluding carboxylic acids is 2. The predicted molar refractivity (Wildman–Crippen MR) is 68.9 cm³/mol. The Hall–Kier alpha value is -3.06. The predicted octanol–water partition coefficient (Wildman–Crippen LogP) is 0.183. The molecule has 0 fully saturated rings. The lowest BCUT2D eigenvalue weighted by Crippen LogP contribution is -2.46. The van der Waals surface area contributed by atoms with E-state index in [0.29, 0.717) is 0 Å². The Labute approximate surface area is 120 Å². The standard InChI is InChI=1S/C14H11N3O4/c1-20-12(18)9-4-3-5-17-11(9)10(13(19)21-2)6-14(17,7-15)8-16/h3-6,11H,1-2H3. The zero-order chi connectivity index (χ0) is 15.6. The van der Waals surface area contributed by atoms with Gasteiger partial charge in [0.25, 0.3) is 0 Å². The average Bonchev–Trinajstić information content (AvgIpc) is 2.88. The smallest absolute Gasteiger partial charge is 0.336 e. The Morgan fingerprint density at radius 3 is 2.29 bits per heavy atom. The van der Waals surface area contributed by atoms with Crippen LogP contribution >= 0.6 is 0 Å². The van der Waals surface area contributed by atoms with E-state index in [9.17, 15) is 20.1 Å². The number of nitrogens with zero attached hydrogens (tertiary/aromatic N) is 3. The third-order valence-electron chi connectivity index (χ3n) is 3.34. The molecule has 1 atom stereocenters. The summed E-state index contributed by atoms with van der Waals surface area (Å²) >= 11 is 0. The lowest BCUT2D eigenvalue weighted by molar-refractivity contribution is -0.137. The minimum absolute atomic E-state index is 0.0570. The lowest BCUT2D eigenvalue weighted by atomic mass is 9.97. The minimum atomic E-state index is -1.67. The summed E-state index contributed by atoms with van der Waals surface area (Å²) < 4.78 is 9.35. The molecule has 1 unspecified atom stereocenters. The molecule has 0 saturated heterocycles. The summed E-state index contributed by atoms with van der Waals surface area (Å²) in [6.07, 6.45) is 5.70. The number of fused-ring (bicyclic) bond motifs is 1. The molecule has 7 nitrogen and oxygen atoms in total. The van der Waals surface area contributed by atoms with Crippen LogP contribution in [-0.4, -0.2) is 42.6 Å². The number of methoxy groups -OCH3 is 2. The van der Waals surface area contributed by atoms with E-state index < -0.39 is 23.5 Å². The minimum Gasteiger partial charge on any atom is -0.466 e. The van der Waals surface area contributed by atoms with Crippen molar-refractivity contribution < 1.29 is 19.1 Å². The van der Waals surface area contributed by atoms with Crippen LogP contribution in [0.5, 0.6) is 0 Å². The van der Waals surface area contributed by atoms with Gasteiger partial charge >= 0.3 is 11.9 Å². The Kier molecular flexibility index (Phi) is 3.51. The Balaban J connectivity index is 2.60. The van der Waals surface area contributed by atoms with Gasteiger partial charge in [0.15, 0.2) is 0 Å². The van der Waals surface area contributed by atoms with Gasteiger partial charge in [-0.25, -0.2) is 9.59 Å². The van der Waals surface area contributed by atoms with Crippen LogP contribution in [0.15, 0.2) is 35.6 Å². The maximum absolute atomic E-state index is 11.9. The molecule has 0 spiro atoms. The van der Waals surface area contributed by atoms with E-state index in [1.807, 2.05) is 12.1 Å². The molecular formula is C14H11N3O4. The molecule has 0 aliphatic carbocycles. The van der Waals surface area contributed by atoms with Crippen molar-refractivity contribution in [2.45, 2.75) is 11.6 Å². The van der Waals surface area contributed by atoms with Gasteiger partial charge in [0.05, 0.1) is 31.4 Å². The summed E-state index contributed by atoms with van der Waals surface area (Å²) in [7, 11) is 2.40. The molecule has 7 heteroatoms. The Morgan fingerprint density at radius 1 is 1.19 bits per heavy atom. The zero-order valence-electron chi connectivity index (χ0n) is 11.4. The van der Waals surface area contributed by atoms with Crippen LogP contribution in [0.1, 0.15) is 0 Å². The number of carbonyl (C=O) groups is 2. The fraction of sp³-hybridized carbons (Fsp3) is 0.286. The Bertz CT molecular complexity index is 661. The van der Waals surface area contributed by atoms with Crippen molar-refractivity contribution >= 4 is 11.9 Å². The average molecular weight is 285 g/mol. The van der Waals surface area contributed by atoms with Crippen LogP contribution in [0, 0.1) is 22.7 Å². The quantitative estimate of drug-likeness (QED) is 0.667. The molecule has 0 aromatic heterocycles. The van der Waals surface area contributed by atoms with Crippen LogP contribution in [-0.2, 0) is 19.1 Å². The van der Waals surface area contributed by atoms with Gasteiger partial charge in [-0.15, -0.1) is 0 Å². The SMILES string of the molecule is COC(=O)C1=CC=CN2C1C(C(=O)OC)=CC2(C#N)C#N. The molecule has 2 aliphatic rings. The monoisotopic (exact) mass is 285 g/mol. The molecule has 2 rings (SSSR count). The third kappa shape index (κ3) is 1.96. The number of nitriles is 2. The molecule has 0 saturated carbocycles. The number of rotatable bonds is 2. The summed E-state index contributed by atoms with van der Waals surface area (Å²) in [6, 6.07) is 2.85. The van der Waals surface area contributed by atoms with Gasteiger partial charge in [0.1, 0.15) is 12.1 Å². The van der Waals surface area contributed by atoms with E-state index in [1.165, 1.54) is 43.5 Å². The number of hydrogen-bond donors (Lipinski definition) is 0. The lowest BCUT2D eigenvalue weighted by Gasteiger charge is -2.33. The highest BCUT2D eigenvalue weighted by Gasteiger charge is 2.51. The van der Waals surface area contributed by atoms with Gasteiger partial charge in [-0.05, 0) is 18.2 Å². The first kappa shape index (κ1) is 14.4. The second-order valence-electron chi connectivity index (χ2n) is 4.35. The number of hydrogen-bond acceptors (Lipinski definition) is 7. The van der Waals surface area contributed by atoms with Gasteiger partial charge in [-0.3, -0.25) is 0 Å². The maximum Gasteiger partial charge on any atom is 0.336 e. The highest BCUT2D eigenvalue weighted by atomic mass is 16.5. The molecule has 0 radical (unpaired) electrons. The van der Waals surface area contributed by atoms with E-state index in [4.69, 9.17) is 0 Å². The van der Waals surface area contributed by atoms with Crippen LogP contribution in [0.4, 0.5) is 0 Å². The molecular weight excluding hydrogens is 274 g/mol. The maximum atomic E-state index is 11.9. The Morgan fingerprint density at radius 2 is 1.76 bits per heavy atom. The summed E-state index contributed by atoms with van der Waals surface area (Å²) in [4.78, 5) is 25.1. The second kappa shape index (κ2) is 5.14. The van der Waals surface area contributed by atoms with Crippen LogP contribution in [0.2, 0.25) is 0 Å². The van der Waals surface area contributed by atoms with Crippen molar-refractivity contribution in [1.82, 2.24) is 4.90 Å². The number of ether oxygens (including phenoxy) is 2. The first-order valence-corrected chi connectivity index (χ1v) is 5.93. The van der Waals surface area contributed by atoms with Gasteiger partial charge in [0, 0.05) is 6.20 Å². The van der Waals surface area contributed by atoms with Crippen molar-refractivity contribution in [3.8, 4) is 12.1 Å². The summed E-state index contributed by atoms with van der Waals surface area (Å²) in [5.74, 6) is -1.35. The second-order valence-corrected chi connectivity index (χ2v) is 4.35. The molecule has 106 valence electrons. The van der Waals surface area contributed by atoms with E-state index in [-0.39, 0.29) is 11.1 Å². The van der Waals surface area contributed by atoms with Crippen molar-refractivity contribution in [3.05, 3.63) is 35.6 Å². The van der Waals surface area contributed by atoms with Gasteiger partial charge in [-0.2, -0.15) is 10.5 Å². The highest BCUT2D eigenvalue weighted by molar-refractivity contribution is 5.99. The van der Waals surface area contributed by atoms with Gasteiger partial charge < -0.3 is 14.4 Å². The normalized spacial score (nSPS) is 21.3. The molecule has 0 amide bonds. The molecule has 0 aromatic carbocycles. The fourth-order valence-electron chi connectivity index (χ4n) is 2.37. The summed E-state index contributed by atoms with van der Waals surface area (Å²) in [5.41, 5.74) is -1.45. The topological polar surface area (TPSA) is 103 Å². The summed E-state index contributed by atoms with van der Waals surface area (Å²) in [5, 5.41) is 18.7. The molecule has 0 bridgehead atoms. The van der Waals surface area contributed by atoms with E-state index in [2.05, 4.69) is 9.47 Å². The van der Waals surface area contributed by atoms with E-state index in [1.54, 1.807) is 0 Å². The fourth-order valence-corrected chi connectivity index (χ4v) is 2.37. The molecule has 2 aliphatic heterocycles. The zero-order valence-corrected chi connectivity index (χ0v) is 11.4. The molecule has 21 heavy (non-hydrogen) atoms. The van der Waals surface area contributed by atoms with Crippen molar-refractivity contribution in [2.75, 3.05) is 14.2 Å². The first-order valence-electron chi connectivity index (χ1n) is 5.93. The van der Waals surface area contributed by atoms with E-state index >= 15 is 0 Å². The summed E-state index contributed by atoms with van der Waals surface area (Å²) in [6.45, 7) is 0.